The minimum Gasteiger partial charge on any atom is -0.310 e. The zero-order valence-corrected chi connectivity index (χ0v) is 13.2. The number of thioether (sulfide) groups is 1. The lowest BCUT2D eigenvalue weighted by molar-refractivity contribution is 0.487. The molecule has 1 aromatic rings. The molecular weight excluding hydrogens is 258 g/mol. The van der Waals surface area contributed by atoms with Gasteiger partial charge < -0.3 is 5.32 Å². The number of aryl methyl sites for hydroxylation is 1. The third-order valence-corrected chi connectivity index (χ3v) is 3.61. The number of tetrazole rings is 1. The molecule has 0 radical (unpaired) electrons. The largest absolute Gasteiger partial charge is 0.310 e. The van der Waals surface area contributed by atoms with E-state index >= 15 is 0 Å². The Morgan fingerprint density at radius 2 is 2.00 bits per heavy atom. The fraction of sp³-hybridized carbons (Fsp3) is 0.923. The van der Waals surface area contributed by atoms with E-state index in [1.165, 1.54) is 25.0 Å². The van der Waals surface area contributed by atoms with Gasteiger partial charge in [-0.1, -0.05) is 26.7 Å². The van der Waals surface area contributed by atoms with Crippen molar-refractivity contribution in [1.29, 1.82) is 0 Å². The Hall–Kier alpha value is -0.620. The summed E-state index contributed by atoms with van der Waals surface area (Å²) in [6.45, 7) is 7.10. The molecule has 0 aliphatic carbocycles. The number of hydrogen-bond donors (Lipinski definition) is 1. The molecule has 1 N–H and O–H groups in total. The number of nitrogens with one attached hydrogen (secondary N) is 1. The molecule has 1 aromatic heterocycles. The van der Waals surface area contributed by atoms with Crippen molar-refractivity contribution in [2.75, 3.05) is 18.6 Å². The van der Waals surface area contributed by atoms with Gasteiger partial charge in [-0.25, -0.2) is 4.68 Å². The summed E-state index contributed by atoms with van der Waals surface area (Å²) in [5.41, 5.74) is 0. The van der Waals surface area contributed by atoms with Crippen molar-refractivity contribution in [1.82, 2.24) is 25.5 Å². The zero-order chi connectivity index (χ0) is 13.9. The van der Waals surface area contributed by atoms with Crippen LogP contribution in [0, 0.1) is 5.92 Å². The summed E-state index contributed by atoms with van der Waals surface area (Å²) in [5.74, 6) is 2.88. The lowest BCUT2D eigenvalue weighted by Gasteiger charge is -2.07. The van der Waals surface area contributed by atoms with Crippen LogP contribution in [0.25, 0.3) is 0 Å². The predicted octanol–water partition coefficient (Wildman–Crippen LogP) is 2.34. The summed E-state index contributed by atoms with van der Waals surface area (Å²) in [7, 11) is 0. The first kappa shape index (κ1) is 16.4. The molecule has 5 nitrogen and oxygen atoms in total. The first-order chi connectivity index (χ1) is 9.24. The van der Waals surface area contributed by atoms with Gasteiger partial charge >= 0.3 is 0 Å². The van der Waals surface area contributed by atoms with E-state index in [4.69, 9.17) is 0 Å². The molecule has 1 rings (SSSR count). The van der Waals surface area contributed by atoms with E-state index < -0.39 is 0 Å². The molecule has 0 bridgehead atoms. The highest BCUT2D eigenvalue weighted by atomic mass is 32.2. The summed E-state index contributed by atoms with van der Waals surface area (Å²) in [5, 5.41) is 15.3. The van der Waals surface area contributed by atoms with Crippen LogP contribution in [-0.2, 0) is 13.1 Å². The Balaban J connectivity index is 2.17. The normalized spacial score (nSPS) is 11.4. The molecule has 0 aromatic carbocycles. The number of rotatable bonds is 11. The second-order valence-corrected chi connectivity index (χ2v) is 6.24. The van der Waals surface area contributed by atoms with Crippen LogP contribution in [0.4, 0.5) is 0 Å². The van der Waals surface area contributed by atoms with E-state index in [1.54, 1.807) is 0 Å². The molecule has 0 aliphatic rings. The van der Waals surface area contributed by atoms with E-state index in [0.29, 0.717) is 5.92 Å². The minimum absolute atomic E-state index is 0.653. The molecule has 0 unspecified atom stereocenters. The van der Waals surface area contributed by atoms with Crippen LogP contribution in [0.2, 0.25) is 0 Å². The van der Waals surface area contributed by atoms with Gasteiger partial charge in [0.25, 0.3) is 0 Å². The maximum atomic E-state index is 4.08. The van der Waals surface area contributed by atoms with Crippen LogP contribution in [0.3, 0.4) is 0 Å². The molecule has 6 heteroatoms. The third-order valence-electron chi connectivity index (χ3n) is 2.91. The Morgan fingerprint density at radius 3 is 2.74 bits per heavy atom. The Labute approximate surface area is 120 Å². The first-order valence-corrected chi connectivity index (χ1v) is 8.58. The standard InChI is InChI=1S/C13H27N5S/c1-12(2)10-14-11-13-15-16-17-18(13)8-6-4-5-7-9-19-3/h12,14H,4-11H2,1-3H3. The van der Waals surface area contributed by atoms with Gasteiger partial charge in [0.2, 0.25) is 0 Å². The molecule has 0 saturated heterocycles. The highest BCUT2D eigenvalue weighted by Gasteiger charge is 2.05. The molecule has 19 heavy (non-hydrogen) atoms. The topological polar surface area (TPSA) is 55.6 Å². The van der Waals surface area contributed by atoms with E-state index in [1.807, 2.05) is 16.4 Å². The van der Waals surface area contributed by atoms with Crippen molar-refractivity contribution in [2.45, 2.75) is 52.6 Å². The van der Waals surface area contributed by atoms with Gasteiger partial charge in [-0.05, 0) is 47.7 Å². The first-order valence-electron chi connectivity index (χ1n) is 7.18. The molecule has 0 saturated carbocycles. The van der Waals surface area contributed by atoms with Crippen LogP contribution >= 0.6 is 11.8 Å². The van der Waals surface area contributed by atoms with Gasteiger partial charge in [0.05, 0.1) is 6.54 Å². The second-order valence-electron chi connectivity index (χ2n) is 5.25. The summed E-state index contributed by atoms with van der Waals surface area (Å²) in [4.78, 5) is 0. The molecule has 1 heterocycles. The molecule has 110 valence electrons. The molecule has 0 fully saturated rings. The quantitative estimate of drug-likeness (QED) is 0.632. The number of aromatic nitrogens is 4. The van der Waals surface area contributed by atoms with Crippen molar-refractivity contribution < 1.29 is 0 Å². The second kappa shape index (κ2) is 10.2. The van der Waals surface area contributed by atoms with E-state index in [-0.39, 0.29) is 0 Å². The fourth-order valence-corrected chi connectivity index (χ4v) is 2.35. The van der Waals surface area contributed by atoms with Crippen LogP contribution in [-0.4, -0.2) is 38.8 Å². The maximum absolute atomic E-state index is 4.08. The van der Waals surface area contributed by atoms with Crippen LogP contribution in [0.5, 0.6) is 0 Å². The van der Waals surface area contributed by atoms with E-state index in [2.05, 4.69) is 40.9 Å². The summed E-state index contributed by atoms with van der Waals surface area (Å²) in [6.07, 6.45) is 7.22. The van der Waals surface area contributed by atoms with Crippen molar-refractivity contribution in [2.24, 2.45) is 5.92 Å². The summed E-state index contributed by atoms with van der Waals surface area (Å²) in [6, 6.07) is 0. The van der Waals surface area contributed by atoms with Crippen LogP contribution in [0.15, 0.2) is 0 Å². The van der Waals surface area contributed by atoms with Crippen LogP contribution < -0.4 is 5.32 Å². The smallest absolute Gasteiger partial charge is 0.165 e. The van der Waals surface area contributed by atoms with Gasteiger partial charge in [0, 0.05) is 6.54 Å². The Kier molecular flexibility index (Phi) is 8.82. The van der Waals surface area contributed by atoms with Crippen molar-refractivity contribution in [3.05, 3.63) is 5.82 Å². The highest BCUT2D eigenvalue weighted by molar-refractivity contribution is 7.98. The average molecular weight is 285 g/mol. The number of hydrogen-bond acceptors (Lipinski definition) is 5. The summed E-state index contributed by atoms with van der Waals surface area (Å²) < 4.78 is 1.93. The third kappa shape index (κ3) is 7.52. The van der Waals surface area contributed by atoms with E-state index in [9.17, 15) is 0 Å². The lowest BCUT2D eigenvalue weighted by Crippen LogP contribution is -2.21. The minimum atomic E-state index is 0.653. The van der Waals surface area contributed by atoms with Gasteiger partial charge in [0.1, 0.15) is 0 Å². The summed E-state index contributed by atoms with van der Waals surface area (Å²) >= 11 is 1.93. The highest BCUT2D eigenvalue weighted by Crippen LogP contribution is 2.06. The van der Waals surface area contributed by atoms with E-state index in [0.717, 1.165) is 31.9 Å². The SMILES string of the molecule is CSCCCCCCn1nnnc1CNCC(C)C. The molecule has 0 spiro atoms. The van der Waals surface area contributed by atoms with Gasteiger partial charge in [-0.2, -0.15) is 11.8 Å². The molecule has 0 amide bonds. The van der Waals surface area contributed by atoms with Crippen molar-refractivity contribution in [3.8, 4) is 0 Å². The maximum Gasteiger partial charge on any atom is 0.165 e. The van der Waals surface area contributed by atoms with Gasteiger partial charge in [-0.3, -0.25) is 0 Å². The predicted molar refractivity (Wildman–Crippen MR) is 81.2 cm³/mol. The van der Waals surface area contributed by atoms with Crippen molar-refractivity contribution >= 4 is 11.8 Å². The number of unbranched alkanes of at least 4 members (excludes halogenated alkanes) is 3. The molecule has 0 atom stereocenters. The Bertz CT molecular complexity index is 327. The molecule has 0 aliphatic heterocycles. The fourth-order valence-electron chi connectivity index (χ4n) is 1.86. The average Bonchev–Trinajstić information content (AvgIpc) is 2.81. The van der Waals surface area contributed by atoms with Crippen molar-refractivity contribution in [3.63, 3.8) is 0 Å². The number of nitrogens with zero attached hydrogens (tertiary/aromatic N) is 4. The van der Waals surface area contributed by atoms with Gasteiger partial charge in [-0.15, -0.1) is 5.10 Å². The van der Waals surface area contributed by atoms with Crippen LogP contribution in [0.1, 0.15) is 45.4 Å². The van der Waals surface area contributed by atoms with Gasteiger partial charge in [0.15, 0.2) is 5.82 Å². The molecular formula is C13H27N5S. The Morgan fingerprint density at radius 1 is 1.21 bits per heavy atom. The lowest BCUT2D eigenvalue weighted by atomic mass is 10.2. The monoisotopic (exact) mass is 285 g/mol. The zero-order valence-electron chi connectivity index (χ0n) is 12.4.